The van der Waals surface area contributed by atoms with Gasteiger partial charge in [-0.25, -0.2) is 0 Å². The molecule has 0 aliphatic carbocycles. The van der Waals surface area contributed by atoms with Crippen LogP contribution in [0.15, 0.2) is 22.6 Å². The number of ether oxygens (including phenoxy) is 1. The third kappa shape index (κ3) is 2.47. The molecule has 1 heterocycles. The molecule has 5 nitrogen and oxygen atoms in total. The van der Waals surface area contributed by atoms with Gasteiger partial charge in [0.1, 0.15) is 5.75 Å². The van der Waals surface area contributed by atoms with Crippen molar-refractivity contribution in [1.82, 2.24) is 15.5 Å². The summed E-state index contributed by atoms with van der Waals surface area (Å²) in [5.74, 6) is 1.56. The Morgan fingerprint density at radius 3 is 2.83 bits per heavy atom. The van der Waals surface area contributed by atoms with Crippen molar-refractivity contribution in [2.24, 2.45) is 0 Å². The first-order valence-electron chi connectivity index (χ1n) is 5.50. The number of aromatic nitrogens is 2. The Balaban J connectivity index is 2.39. The molecule has 2 aromatic rings. The molecule has 0 bridgehead atoms. The van der Waals surface area contributed by atoms with Crippen molar-refractivity contribution in [2.45, 2.75) is 13.0 Å². The smallest absolute Gasteiger partial charge is 0.251 e. The topological polar surface area (TPSA) is 60.2 Å². The normalized spacial score (nSPS) is 12.4. The van der Waals surface area contributed by atoms with E-state index in [1.165, 1.54) is 0 Å². The van der Waals surface area contributed by atoms with Gasteiger partial charge in [-0.2, -0.15) is 0 Å². The Morgan fingerprint density at radius 1 is 1.39 bits per heavy atom. The molecule has 0 aliphatic rings. The van der Waals surface area contributed by atoms with E-state index in [4.69, 9.17) is 20.8 Å². The molecule has 1 aromatic carbocycles. The first-order chi connectivity index (χ1) is 8.65. The van der Waals surface area contributed by atoms with Gasteiger partial charge in [0, 0.05) is 5.02 Å². The lowest BCUT2D eigenvalue weighted by Gasteiger charge is -2.05. The third-order valence-electron chi connectivity index (χ3n) is 2.64. The Bertz CT molecular complexity index is 542. The number of hydrogen-bond acceptors (Lipinski definition) is 5. The van der Waals surface area contributed by atoms with Crippen LogP contribution in [0, 0.1) is 0 Å². The van der Waals surface area contributed by atoms with E-state index < -0.39 is 0 Å². The van der Waals surface area contributed by atoms with Crippen molar-refractivity contribution >= 4 is 11.6 Å². The monoisotopic (exact) mass is 267 g/mol. The van der Waals surface area contributed by atoms with E-state index in [0.29, 0.717) is 22.6 Å². The Kier molecular flexibility index (Phi) is 3.84. The van der Waals surface area contributed by atoms with E-state index >= 15 is 0 Å². The average molecular weight is 268 g/mol. The summed E-state index contributed by atoms with van der Waals surface area (Å²) in [6.45, 7) is 1.94. The summed E-state index contributed by atoms with van der Waals surface area (Å²) in [4.78, 5) is 0. The Morgan fingerprint density at radius 2 is 2.17 bits per heavy atom. The molecule has 96 valence electrons. The van der Waals surface area contributed by atoms with Gasteiger partial charge in [-0.05, 0) is 32.2 Å². The van der Waals surface area contributed by atoms with Crippen LogP contribution >= 0.6 is 11.6 Å². The summed E-state index contributed by atoms with van der Waals surface area (Å²) in [6.07, 6.45) is 0. The summed E-state index contributed by atoms with van der Waals surface area (Å²) in [5, 5.41) is 11.6. The molecule has 6 heteroatoms. The van der Waals surface area contributed by atoms with Gasteiger partial charge >= 0.3 is 0 Å². The zero-order chi connectivity index (χ0) is 13.1. The summed E-state index contributed by atoms with van der Waals surface area (Å²) < 4.78 is 10.8. The molecule has 0 saturated carbocycles. The van der Waals surface area contributed by atoms with Crippen molar-refractivity contribution in [3.63, 3.8) is 0 Å². The zero-order valence-electron chi connectivity index (χ0n) is 10.4. The molecule has 0 aliphatic heterocycles. The summed E-state index contributed by atoms with van der Waals surface area (Å²) in [7, 11) is 3.40. The first-order valence-corrected chi connectivity index (χ1v) is 5.88. The molecular formula is C12H14ClN3O2. The lowest BCUT2D eigenvalue weighted by atomic mass is 10.2. The highest BCUT2D eigenvalue weighted by Gasteiger charge is 2.16. The second-order valence-corrected chi connectivity index (χ2v) is 4.24. The fraction of sp³-hybridized carbons (Fsp3) is 0.333. The lowest BCUT2D eigenvalue weighted by molar-refractivity contribution is 0.410. The summed E-state index contributed by atoms with van der Waals surface area (Å²) in [6, 6.07) is 5.26. The molecule has 1 unspecified atom stereocenters. The van der Waals surface area contributed by atoms with Crippen LogP contribution in [0.25, 0.3) is 11.5 Å². The minimum absolute atomic E-state index is 0.00421. The molecule has 0 spiro atoms. The average Bonchev–Trinajstić information content (AvgIpc) is 2.87. The van der Waals surface area contributed by atoms with Crippen LogP contribution in [0.3, 0.4) is 0 Å². The van der Waals surface area contributed by atoms with Crippen LogP contribution in [0.4, 0.5) is 0 Å². The van der Waals surface area contributed by atoms with Crippen molar-refractivity contribution in [3.05, 3.63) is 29.1 Å². The summed E-state index contributed by atoms with van der Waals surface area (Å²) >= 11 is 5.90. The van der Waals surface area contributed by atoms with Crippen LogP contribution < -0.4 is 10.1 Å². The highest BCUT2D eigenvalue weighted by molar-refractivity contribution is 6.30. The number of methoxy groups -OCH3 is 1. The van der Waals surface area contributed by atoms with Crippen LogP contribution in [-0.2, 0) is 0 Å². The molecule has 1 aromatic heterocycles. The fourth-order valence-electron chi connectivity index (χ4n) is 1.48. The molecule has 0 radical (unpaired) electrons. The van der Waals surface area contributed by atoms with Crippen molar-refractivity contribution in [3.8, 4) is 17.2 Å². The quantitative estimate of drug-likeness (QED) is 0.923. The predicted octanol–water partition coefficient (Wildman–Crippen LogP) is 2.68. The van der Waals surface area contributed by atoms with Gasteiger partial charge in [-0.15, -0.1) is 10.2 Å². The molecular weight excluding hydrogens is 254 g/mol. The third-order valence-corrected chi connectivity index (χ3v) is 2.87. The largest absolute Gasteiger partial charge is 0.496 e. The number of nitrogens with one attached hydrogen (secondary N) is 1. The molecule has 0 amide bonds. The van der Waals surface area contributed by atoms with E-state index in [1.54, 1.807) is 25.3 Å². The number of hydrogen-bond donors (Lipinski definition) is 1. The van der Waals surface area contributed by atoms with Crippen molar-refractivity contribution in [2.75, 3.05) is 14.2 Å². The van der Waals surface area contributed by atoms with Gasteiger partial charge in [0.15, 0.2) is 0 Å². The maximum absolute atomic E-state index is 5.90. The molecule has 18 heavy (non-hydrogen) atoms. The van der Waals surface area contributed by atoms with Gasteiger partial charge in [0.05, 0.1) is 18.7 Å². The van der Waals surface area contributed by atoms with Crippen LogP contribution in [0.1, 0.15) is 18.9 Å². The van der Waals surface area contributed by atoms with Crippen molar-refractivity contribution < 1.29 is 9.15 Å². The Labute approximate surface area is 110 Å². The standard InChI is InChI=1S/C12H14ClN3O2/c1-7(14-2)11-15-16-12(18-11)9-5-4-8(13)6-10(9)17-3/h4-7,14H,1-3H3. The van der Waals surface area contributed by atoms with E-state index in [0.717, 1.165) is 5.56 Å². The number of halogens is 1. The molecule has 0 saturated heterocycles. The number of benzene rings is 1. The highest BCUT2D eigenvalue weighted by Crippen LogP contribution is 2.32. The van der Waals surface area contributed by atoms with Gasteiger partial charge in [0.25, 0.3) is 5.89 Å². The summed E-state index contributed by atoms with van der Waals surface area (Å²) in [5.41, 5.74) is 0.726. The number of rotatable bonds is 4. The molecule has 0 fully saturated rings. The molecule has 1 N–H and O–H groups in total. The van der Waals surface area contributed by atoms with E-state index in [2.05, 4.69) is 15.5 Å². The van der Waals surface area contributed by atoms with Crippen LogP contribution in [0.5, 0.6) is 5.75 Å². The SMILES string of the molecule is CNC(C)c1nnc(-c2ccc(Cl)cc2OC)o1. The van der Waals surface area contributed by atoms with Gasteiger partial charge in [-0.1, -0.05) is 11.6 Å². The van der Waals surface area contributed by atoms with Crippen LogP contribution in [-0.4, -0.2) is 24.4 Å². The number of nitrogens with zero attached hydrogens (tertiary/aromatic N) is 2. The van der Waals surface area contributed by atoms with Crippen molar-refractivity contribution in [1.29, 1.82) is 0 Å². The van der Waals surface area contributed by atoms with Crippen LogP contribution in [0.2, 0.25) is 5.02 Å². The zero-order valence-corrected chi connectivity index (χ0v) is 11.2. The predicted molar refractivity (Wildman–Crippen MR) is 68.8 cm³/mol. The molecule has 1 atom stereocenters. The maximum atomic E-state index is 5.90. The maximum Gasteiger partial charge on any atom is 0.251 e. The Hall–Kier alpha value is -1.59. The fourth-order valence-corrected chi connectivity index (χ4v) is 1.65. The van der Waals surface area contributed by atoms with E-state index in [-0.39, 0.29) is 6.04 Å². The van der Waals surface area contributed by atoms with Gasteiger partial charge < -0.3 is 14.5 Å². The second-order valence-electron chi connectivity index (χ2n) is 3.80. The highest BCUT2D eigenvalue weighted by atomic mass is 35.5. The molecule has 2 rings (SSSR count). The minimum Gasteiger partial charge on any atom is -0.496 e. The van der Waals surface area contributed by atoms with Gasteiger partial charge in [0.2, 0.25) is 5.89 Å². The van der Waals surface area contributed by atoms with E-state index in [9.17, 15) is 0 Å². The minimum atomic E-state index is 0.00421. The van der Waals surface area contributed by atoms with Gasteiger partial charge in [-0.3, -0.25) is 0 Å². The first kappa shape index (κ1) is 12.9. The lowest BCUT2D eigenvalue weighted by Crippen LogP contribution is -2.12. The van der Waals surface area contributed by atoms with E-state index in [1.807, 2.05) is 14.0 Å². The second kappa shape index (κ2) is 5.37.